The molecule has 1 fully saturated rings. The molecule has 1 unspecified atom stereocenters. The highest BCUT2D eigenvalue weighted by atomic mass is 15.2. The van der Waals surface area contributed by atoms with Gasteiger partial charge in [-0.1, -0.05) is 19.8 Å². The molecule has 114 valence electrons. The monoisotopic (exact) mass is 286 g/mol. The van der Waals surface area contributed by atoms with Gasteiger partial charge in [0.2, 0.25) is 0 Å². The summed E-state index contributed by atoms with van der Waals surface area (Å²) in [5.41, 5.74) is 8.67. The Balaban J connectivity index is 1.64. The number of H-pyrrole nitrogens is 1. The fourth-order valence-corrected chi connectivity index (χ4v) is 3.46. The van der Waals surface area contributed by atoms with Crippen molar-refractivity contribution < 1.29 is 0 Å². The summed E-state index contributed by atoms with van der Waals surface area (Å²) >= 11 is 0. The lowest BCUT2D eigenvalue weighted by molar-refractivity contribution is 0.140. The van der Waals surface area contributed by atoms with E-state index in [0.717, 1.165) is 41.6 Å². The van der Waals surface area contributed by atoms with E-state index in [4.69, 9.17) is 5.73 Å². The molecule has 0 spiro atoms. The van der Waals surface area contributed by atoms with Gasteiger partial charge in [-0.05, 0) is 44.0 Å². The highest BCUT2D eigenvalue weighted by Gasteiger charge is 2.21. The Morgan fingerprint density at radius 1 is 1.38 bits per heavy atom. The van der Waals surface area contributed by atoms with Crippen LogP contribution in [0.5, 0.6) is 0 Å². The Kier molecular flexibility index (Phi) is 4.44. The summed E-state index contributed by atoms with van der Waals surface area (Å²) in [7, 11) is 0. The Labute approximate surface area is 126 Å². The summed E-state index contributed by atoms with van der Waals surface area (Å²) in [4.78, 5) is 10.7. The first-order valence-corrected chi connectivity index (χ1v) is 8.24. The zero-order valence-corrected chi connectivity index (χ0v) is 12.9. The first-order chi connectivity index (χ1) is 10.3. The molecule has 21 heavy (non-hydrogen) atoms. The van der Waals surface area contributed by atoms with Crippen molar-refractivity contribution in [2.75, 3.05) is 18.8 Å². The summed E-state index contributed by atoms with van der Waals surface area (Å²) in [5.74, 6) is 1.08. The number of nitrogens with one attached hydrogen (secondary N) is 1. The average Bonchev–Trinajstić information content (AvgIpc) is 2.88. The SMILES string of the molecule is CCCC1CCCCN1CCc1nc2ccc(N)cc2[nH]1. The molecule has 2 aromatic rings. The van der Waals surface area contributed by atoms with Crippen molar-refractivity contribution >= 4 is 16.7 Å². The summed E-state index contributed by atoms with van der Waals surface area (Å²) in [6.45, 7) is 4.65. The van der Waals surface area contributed by atoms with Crippen LogP contribution in [0.1, 0.15) is 44.9 Å². The second-order valence-electron chi connectivity index (χ2n) is 6.18. The van der Waals surface area contributed by atoms with Crippen molar-refractivity contribution in [3.8, 4) is 0 Å². The van der Waals surface area contributed by atoms with Gasteiger partial charge < -0.3 is 10.7 Å². The number of hydrogen-bond acceptors (Lipinski definition) is 3. The molecule has 2 heterocycles. The zero-order chi connectivity index (χ0) is 14.7. The number of benzene rings is 1. The van der Waals surface area contributed by atoms with Gasteiger partial charge >= 0.3 is 0 Å². The van der Waals surface area contributed by atoms with E-state index >= 15 is 0 Å². The van der Waals surface area contributed by atoms with Gasteiger partial charge in [-0.2, -0.15) is 0 Å². The topological polar surface area (TPSA) is 57.9 Å². The number of hydrogen-bond donors (Lipinski definition) is 2. The Bertz CT molecular complexity index is 587. The van der Waals surface area contributed by atoms with Crippen molar-refractivity contribution in [1.29, 1.82) is 0 Å². The summed E-state index contributed by atoms with van der Waals surface area (Å²) in [6, 6.07) is 6.65. The summed E-state index contributed by atoms with van der Waals surface area (Å²) < 4.78 is 0. The minimum absolute atomic E-state index is 0.781. The van der Waals surface area contributed by atoms with Gasteiger partial charge in [-0.3, -0.25) is 4.90 Å². The lowest BCUT2D eigenvalue weighted by Crippen LogP contribution is -2.40. The Morgan fingerprint density at radius 3 is 3.14 bits per heavy atom. The largest absolute Gasteiger partial charge is 0.399 e. The van der Waals surface area contributed by atoms with Crippen LogP contribution in [-0.2, 0) is 6.42 Å². The van der Waals surface area contributed by atoms with Crippen LogP contribution in [0, 0.1) is 0 Å². The standard InChI is InChI=1S/C17H26N4/c1-2-5-14-6-3-4-10-21(14)11-9-17-19-15-8-7-13(18)12-16(15)20-17/h7-8,12,14H,2-6,9-11,18H2,1H3,(H,19,20). The molecular weight excluding hydrogens is 260 g/mol. The van der Waals surface area contributed by atoms with Crippen LogP contribution in [0.4, 0.5) is 5.69 Å². The maximum Gasteiger partial charge on any atom is 0.108 e. The van der Waals surface area contributed by atoms with Crippen LogP contribution < -0.4 is 5.73 Å². The van der Waals surface area contributed by atoms with Gasteiger partial charge in [0.25, 0.3) is 0 Å². The first-order valence-electron chi connectivity index (χ1n) is 8.24. The molecule has 4 nitrogen and oxygen atoms in total. The van der Waals surface area contributed by atoms with Crippen LogP contribution in [0.25, 0.3) is 11.0 Å². The second-order valence-corrected chi connectivity index (χ2v) is 6.18. The molecule has 4 heteroatoms. The molecule has 3 rings (SSSR count). The molecule has 3 N–H and O–H groups in total. The molecule has 1 aromatic heterocycles. The fourth-order valence-electron chi connectivity index (χ4n) is 3.46. The highest BCUT2D eigenvalue weighted by Crippen LogP contribution is 2.21. The number of piperidine rings is 1. The number of aromatic nitrogens is 2. The maximum atomic E-state index is 5.82. The number of aromatic amines is 1. The van der Waals surface area contributed by atoms with Crippen molar-refractivity contribution in [3.63, 3.8) is 0 Å². The number of nitrogen functional groups attached to an aromatic ring is 1. The van der Waals surface area contributed by atoms with Crippen molar-refractivity contribution in [2.45, 2.75) is 51.5 Å². The fraction of sp³-hybridized carbons (Fsp3) is 0.588. The molecular formula is C17H26N4. The number of nitrogens with zero attached hydrogens (tertiary/aromatic N) is 2. The third kappa shape index (κ3) is 3.38. The number of fused-ring (bicyclic) bond motifs is 1. The summed E-state index contributed by atoms with van der Waals surface area (Å²) in [5, 5.41) is 0. The predicted molar refractivity (Wildman–Crippen MR) is 88.3 cm³/mol. The van der Waals surface area contributed by atoms with E-state index in [1.165, 1.54) is 38.6 Å². The van der Waals surface area contributed by atoms with Crippen LogP contribution in [0.2, 0.25) is 0 Å². The average molecular weight is 286 g/mol. The molecule has 0 aliphatic carbocycles. The van der Waals surface area contributed by atoms with Gasteiger partial charge in [0, 0.05) is 24.7 Å². The number of nitrogens with two attached hydrogens (primary N) is 1. The Hall–Kier alpha value is -1.55. The lowest BCUT2D eigenvalue weighted by atomic mass is 9.98. The van der Waals surface area contributed by atoms with E-state index < -0.39 is 0 Å². The molecule has 1 aliphatic rings. The Morgan fingerprint density at radius 2 is 2.29 bits per heavy atom. The molecule has 0 saturated carbocycles. The van der Waals surface area contributed by atoms with Gasteiger partial charge in [-0.15, -0.1) is 0 Å². The third-order valence-corrected chi connectivity index (χ3v) is 4.56. The normalized spacial score (nSPS) is 20.1. The quantitative estimate of drug-likeness (QED) is 0.829. The van der Waals surface area contributed by atoms with E-state index in [2.05, 4.69) is 21.8 Å². The van der Waals surface area contributed by atoms with Crippen molar-refractivity contribution in [1.82, 2.24) is 14.9 Å². The van der Waals surface area contributed by atoms with Crippen LogP contribution in [0.3, 0.4) is 0 Å². The van der Waals surface area contributed by atoms with E-state index in [0.29, 0.717) is 0 Å². The van der Waals surface area contributed by atoms with Gasteiger partial charge in [0.05, 0.1) is 11.0 Å². The third-order valence-electron chi connectivity index (χ3n) is 4.56. The van der Waals surface area contributed by atoms with Gasteiger partial charge in [0.1, 0.15) is 5.82 Å². The van der Waals surface area contributed by atoms with Crippen molar-refractivity contribution in [3.05, 3.63) is 24.0 Å². The van der Waals surface area contributed by atoms with E-state index in [-0.39, 0.29) is 0 Å². The number of likely N-dealkylation sites (tertiary alicyclic amines) is 1. The number of imidazole rings is 1. The van der Waals surface area contributed by atoms with E-state index in [9.17, 15) is 0 Å². The zero-order valence-electron chi connectivity index (χ0n) is 12.9. The molecule has 0 amide bonds. The first kappa shape index (κ1) is 14.4. The molecule has 1 atom stereocenters. The van der Waals surface area contributed by atoms with Crippen LogP contribution in [0.15, 0.2) is 18.2 Å². The lowest BCUT2D eigenvalue weighted by Gasteiger charge is -2.35. The van der Waals surface area contributed by atoms with E-state index in [1.54, 1.807) is 0 Å². The molecule has 1 aromatic carbocycles. The van der Waals surface area contributed by atoms with Gasteiger partial charge in [-0.25, -0.2) is 4.98 Å². The minimum atomic E-state index is 0.781. The second kappa shape index (κ2) is 6.48. The molecule has 0 radical (unpaired) electrons. The van der Waals surface area contributed by atoms with Crippen LogP contribution in [-0.4, -0.2) is 34.0 Å². The minimum Gasteiger partial charge on any atom is -0.399 e. The van der Waals surface area contributed by atoms with Gasteiger partial charge in [0.15, 0.2) is 0 Å². The molecule has 0 bridgehead atoms. The highest BCUT2D eigenvalue weighted by molar-refractivity contribution is 5.78. The molecule has 1 saturated heterocycles. The predicted octanol–water partition coefficient (Wildman–Crippen LogP) is 3.34. The smallest absolute Gasteiger partial charge is 0.108 e. The van der Waals surface area contributed by atoms with E-state index in [1.807, 2.05) is 18.2 Å². The van der Waals surface area contributed by atoms with Crippen LogP contribution >= 0.6 is 0 Å². The molecule has 1 aliphatic heterocycles. The summed E-state index contributed by atoms with van der Waals surface area (Å²) in [6.07, 6.45) is 7.71. The number of rotatable bonds is 5. The van der Waals surface area contributed by atoms with Crippen molar-refractivity contribution in [2.24, 2.45) is 0 Å². The number of anilines is 1. The maximum absolute atomic E-state index is 5.82.